The predicted molar refractivity (Wildman–Crippen MR) is 81.8 cm³/mol. The lowest BCUT2D eigenvalue weighted by Crippen LogP contribution is -2.50. The number of aromatic nitrogens is 2. The van der Waals surface area contributed by atoms with Crippen LogP contribution in [0.5, 0.6) is 0 Å². The van der Waals surface area contributed by atoms with E-state index in [4.69, 9.17) is 11.6 Å². The molecule has 0 unspecified atom stereocenters. The van der Waals surface area contributed by atoms with E-state index in [9.17, 15) is 14.0 Å². The summed E-state index contributed by atoms with van der Waals surface area (Å²) in [4.78, 5) is 27.7. The van der Waals surface area contributed by atoms with Gasteiger partial charge in [-0.2, -0.15) is 5.10 Å². The number of carbonyl (C=O) groups excluding carboxylic acids is 2. The third kappa shape index (κ3) is 3.19. The topological polar surface area (TPSA) is 69.3 Å². The molecule has 120 valence electrons. The SMILES string of the molecule is O=C(c1ccn[nH]1)N1CCN(C(=O)c2ccc(Cl)cc2F)CC1. The second kappa shape index (κ2) is 6.37. The molecule has 1 saturated heterocycles. The van der Waals surface area contributed by atoms with Crippen LogP contribution < -0.4 is 0 Å². The molecule has 1 aromatic heterocycles. The third-order valence-electron chi connectivity index (χ3n) is 3.75. The molecule has 2 heterocycles. The van der Waals surface area contributed by atoms with Crippen LogP contribution in [0.25, 0.3) is 0 Å². The molecule has 1 aliphatic rings. The van der Waals surface area contributed by atoms with Gasteiger partial charge in [0.15, 0.2) is 0 Å². The number of H-pyrrole nitrogens is 1. The van der Waals surface area contributed by atoms with Crippen LogP contribution in [0, 0.1) is 5.82 Å². The van der Waals surface area contributed by atoms with Gasteiger partial charge in [0.2, 0.25) is 0 Å². The van der Waals surface area contributed by atoms with Crippen molar-refractivity contribution in [1.29, 1.82) is 0 Å². The summed E-state index contributed by atoms with van der Waals surface area (Å²) in [7, 11) is 0. The molecule has 3 rings (SSSR count). The van der Waals surface area contributed by atoms with Crippen LogP contribution in [-0.2, 0) is 0 Å². The van der Waals surface area contributed by atoms with Gasteiger partial charge in [0, 0.05) is 37.4 Å². The minimum Gasteiger partial charge on any atom is -0.335 e. The number of piperazine rings is 1. The van der Waals surface area contributed by atoms with Crippen molar-refractivity contribution in [1.82, 2.24) is 20.0 Å². The number of hydrogen-bond donors (Lipinski definition) is 1. The van der Waals surface area contributed by atoms with Gasteiger partial charge in [-0.15, -0.1) is 0 Å². The molecular formula is C15H14ClFN4O2. The molecule has 2 aromatic rings. The number of nitrogens with one attached hydrogen (secondary N) is 1. The van der Waals surface area contributed by atoms with Crippen molar-refractivity contribution in [3.8, 4) is 0 Å². The van der Waals surface area contributed by atoms with E-state index in [0.29, 0.717) is 31.9 Å². The average Bonchev–Trinajstić information content (AvgIpc) is 3.08. The fraction of sp³-hybridized carbons (Fsp3) is 0.267. The summed E-state index contributed by atoms with van der Waals surface area (Å²) in [6.45, 7) is 1.47. The predicted octanol–water partition coefficient (Wildman–Crippen LogP) is 1.80. The van der Waals surface area contributed by atoms with Crippen LogP contribution in [0.2, 0.25) is 5.02 Å². The first-order valence-electron chi connectivity index (χ1n) is 7.09. The van der Waals surface area contributed by atoms with E-state index < -0.39 is 11.7 Å². The molecule has 0 atom stereocenters. The molecule has 1 N–H and O–H groups in total. The summed E-state index contributed by atoms with van der Waals surface area (Å²) in [6, 6.07) is 5.58. The maximum Gasteiger partial charge on any atom is 0.271 e. The number of carbonyl (C=O) groups is 2. The van der Waals surface area contributed by atoms with E-state index >= 15 is 0 Å². The number of aromatic amines is 1. The van der Waals surface area contributed by atoms with Gasteiger partial charge in [0.25, 0.3) is 11.8 Å². The van der Waals surface area contributed by atoms with E-state index in [2.05, 4.69) is 10.2 Å². The molecule has 0 bridgehead atoms. The molecule has 0 aliphatic carbocycles. The fourth-order valence-corrected chi connectivity index (χ4v) is 2.65. The molecule has 1 aromatic carbocycles. The zero-order valence-corrected chi connectivity index (χ0v) is 12.9. The minimum absolute atomic E-state index is 0.0113. The molecule has 8 heteroatoms. The second-order valence-electron chi connectivity index (χ2n) is 5.18. The van der Waals surface area contributed by atoms with Crippen LogP contribution in [-0.4, -0.2) is 58.0 Å². The molecule has 23 heavy (non-hydrogen) atoms. The summed E-state index contributed by atoms with van der Waals surface area (Å²) in [6.07, 6.45) is 1.51. The average molecular weight is 337 g/mol. The van der Waals surface area contributed by atoms with E-state index in [1.807, 2.05) is 0 Å². The van der Waals surface area contributed by atoms with Crippen molar-refractivity contribution in [2.45, 2.75) is 0 Å². The van der Waals surface area contributed by atoms with Gasteiger partial charge in [0.05, 0.1) is 5.56 Å². The van der Waals surface area contributed by atoms with Crippen LogP contribution in [0.3, 0.4) is 0 Å². The molecule has 0 saturated carbocycles. The third-order valence-corrected chi connectivity index (χ3v) is 3.98. The highest BCUT2D eigenvalue weighted by Crippen LogP contribution is 2.17. The van der Waals surface area contributed by atoms with Gasteiger partial charge < -0.3 is 9.80 Å². The highest BCUT2D eigenvalue weighted by atomic mass is 35.5. The van der Waals surface area contributed by atoms with Gasteiger partial charge in [-0.1, -0.05) is 11.6 Å². The Balaban J connectivity index is 1.64. The molecule has 0 radical (unpaired) electrons. The highest BCUT2D eigenvalue weighted by Gasteiger charge is 2.27. The van der Waals surface area contributed by atoms with Crippen LogP contribution >= 0.6 is 11.6 Å². The zero-order valence-electron chi connectivity index (χ0n) is 12.1. The summed E-state index contributed by atoms with van der Waals surface area (Å²) in [5.41, 5.74) is 0.399. The molecule has 1 fully saturated rings. The normalized spacial score (nSPS) is 14.9. The Morgan fingerprint density at radius 3 is 2.30 bits per heavy atom. The number of rotatable bonds is 2. The molecule has 1 aliphatic heterocycles. The summed E-state index contributed by atoms with van der Waals surface area (Å²) >= 11 is 5.69. The number of nitrogens with zero attached hydrogens (tertiary/aromatic N) is 3. The van der Waals surface area contributed by atoms with Gasteiger partial charge in [0.1, 0.15) is 11.5 Å². The lowest BCUT2D eigenvalue weighted by Gasteiger charge is -2.34. The van der Waals surface area contributed by atoms with E-state index in [1.165, 1.54) is 23.2 Å². The van der Waals surface area contributed by atoms with Crippen LogP contribution in [0.1, 0.15) is 20.8 Å². The van der Waals surface area contributed by atoms with Crippen molar-refractivity contribution in [2.75, 3.05) is 26.2 Å². The summed E-state index contributed by atoms with van der Waals surface area (Å²) < 4.78 is 13.8. The lowest BCUT2D eigenvalue weighted by molar-refractivity contribution is 0.0529. The zero-order chi connectivity index (χ0) is 16.4. The van der Waals surface area contributed by atoms with Crippen molar-refractivity contribution >= 4 is 23.4 Å². The Bertz CT molecular complexity index is 727. The van der Waals surface area contributed by atoms with Crippen molar-refractivity contribution in [3.63, 3.8) is 0 Å². The summed E-state index contributed by atoms with van der Waals surface area (Å²) in [5.74, 6) is -1.20. The standard InChI is InChI=1S/C15H14ClFN4O2/c16-10-1-2-11(12(17)9-10)14(22)20-5-7-21(8-6-20)15(23)13-3-4-18-19-13/h1-4,9H,5-8H2,(H,18,19). The molecule has 0 spiro atoms. The maximum absolute atomic E-state index is 13.8. The number of halogens is 2. The monoisotopic (exact) mass is 336 g/mol. The Morgan fingerprint density at radius 1 is 1.09 bits per heavy atom. The highest BCUT2D eigenvalue weighted by molar-refractivity contribution is 6.30. The fourth-order valence-electron chi connectivity index (χ4n) is 2.49. The Labute approximate surface area is 136 Å². The van der Waals surface area contributed by atoms with E-state index in [0.717, 1.165) is 6.07 Å². The Hall–Kier alpha value is -2.41. The van der Waals surface area contributed by atoms with Gasteiger partial charge in [-0.05, 0) is 24.3 Å². The van der Waals surface area contributed by atoms with Gasteiger partial charge in [-0.3, -0.25) is 14.7 Å². The first kappa shape index (κ1) is 15.5. The number of amides is 2. The lowest BCUT2D eigenvalue weighted by atomic mass is 10.1. The first-order valence-corrected chi connectivity index (χ1v) is 7.47. The Morgan fingerprint density at radius 2 is 1.74 bits per heavy atom. The minimum atomic E-state index is -0.640. The van der Waals surface area contributed by atoms with Crippen LogP contribution in [0.4, 0.5) is 4.39 Å². The Kier molecular flexibility index (Phi) is 4.29. The van der Waals surface area contributed by atoms with E-state index in [-0.39, 0.29) is 16.5 Å². The largest absolute Gasteiger partial charge is 0.335 e. The molecular weight excluding hydrogens is 323 g/mol. The second-order valence-corrected chi connectivity index (χ2v) is 5.62. The van der Waals surface area contributed by atoms with Crippen molar-refractivity contribution < 1.29 is 14.0 Å². The molecule has 2 amide bonds. The first-order chi connectivity index (χ1) is 11.1. The van der Waals surface area contributed by atoms with Crippen LogP contribution in [0.15, 0.2) is 30.5 Å². The summed E-state index contributed by atoms with van der Waals surface area (Å²) in [5, 5.41) is 6.62. The number of benzene rings is 1. The van der Waals surface area contributed by atoms with E-state index in [1.54, 1.807) is 11.0 Å². The maximum atomic E-state index is 13.8. The smallest absolute Gasteiger partial charge is 0.271 e. The van der Waals surface area contributed by atoms with Gasteiger partial charge >= 0.3 is 0 Å². The number of hydrogen-bond acceptors (Lipinski definition) is 3. The molecule has 6 nitrogen and oxygen atoms in total. The van der Waals surface area contributed by atoms with Gasteiger partial charge in [-0.25, -0.2) is 4.39 Å². The van der Waals surface area contributed by atoms with Crippen molar-refractivity contribution in [2.24, 2.45) is 0 Å². The van der Waals surface area contributed by atoms with Crippen molar-refractivity contribution in [3.05, 3.63) is 52.6 Å². The quantitative estimate of drug-likeness (QED) is 0.909.